The van der Waals surface area contributed by atoms with Gasteiger partial charge in [0.05, 0.1) is 15.2 Å². The lowest BCUT2D eigenvalue weighted by atomic mass is 10.1. The largest absolute Gasteiger partial charge is 0.359 e. The second-order valence-electron chi connectivity index (χ2n) is 4.84. The van der Waals surface area contributed by atoms with Crippen LogP contribution in [-0.4, -0.2) is 11.0 Å². The average molecular weight is 303 g/mol. The van der Waals surface area contributed by atoms with Crippen molar-refractivity contribution in [1.82, 2.24) is 4.98 Å². The molecule has 4 heteroatoms. The summed E-state index contributed by atoms with van der Waals surface area (Å²) in [6.07, 6.45) is 0.977. The van der Waals surface area contributed by atoms with Gasteiger partial charge in [-0.1, -0.05) is 59.3 Å². The molecule has 1 heterocycles. The van der Waals surface area contributed by atoms with Crippen LogP contribution in [0.2, 0.25) is 5.02 Å². The molecule has 0 spiro atoms. The Morgan fingerprint density at radius 3 is 2.70 bits per heavy atom. The number of anilines is 1. The summed E-state index contributed by atoms with van der Waals surface area (Å²) < 4.78 is 1.04. The van der Waals surface area contributed by atoms with Crippen molar-refractivity contribution in [1.29, 1.82) is 0 Å². The Kier molecular flexibility index (Phi) is 3.90. The molecule has 0 bridgehead atoms. The van der Waals surface area contributed by atoms with E-state index < -0.39 is 0 Å². The smallest absolute Gasteiger partial charge is 0.184 e. The summed E-state index contributed by atoms with van der Waals surface area (Å²) in [5.41, 5.74) is 2.28. The van der Waals surface area contributed by atoms with Crippen molar-refractivity contribution in [3.63, 3.8) is 0 Å². The molecule has 0 fully saturated rings. The lowest BCUT2D eigenvalue weighted by Crippen LogP contribution is -2.17. The maximum atomic E-state index is 6.18. The molecule has 2 aromatic carbocycles. The second-order valence-corrected chi connectivity index (χ2v) is 6.25. The summed E-state index contributed by atoms with van der Waals surface area (Å²) in [6.45, 7) is 2.17. The van der Waals surface area contributed by atoms with Gasteiger partial charge in [-0.15, -0.1) is 0 Å². The molecule has 0 amide bonds. The van der Waals surface area contributed by atoms with Crippen LogP contribution in [0.4, 0.5) is 5.13 Å². The number of rotatable bonds is 4. The molecule has 0 aliphatic carbocycles. The second kappa shape index (κ2) is 5.81. The molecule has 0 saturated carbocycles. The van der Waals surface area contributed by atoms with E-state index >= 15 is 0 Å². The molecule has 1 unspecified atom stereocenters. The van der Waals surface area contributed by atoms with Gasteiger partial charge < -0.3 is 5.32 Å². The van der Waals surface area contributed by atoms with Gasteiger partial charge in [-0.05, 0) is 31.0 Å². The molecule has 1 N–H and O–H groups in total. The molecule has 0 aliphatic heterocycles. The van der Waals surface area contributed by atoms with Crippen molar-refractivity contribution < 1.29 is 0 Å². The van der Waals surface area contributed by atoms with E-state index in [0.29, 0.717) is 6.04 Å². The lowest BCUT2D eigenvalue weighted by molar-refractivity contribution is 0.789. The van der Waals surface area contributed by atoms with Crippen molar-refractivity contribution in [2.75, 3.05) is 5.32 Å². The fourth-order valence-electron chi connectivity index (χ4n) is 2.21. The lowest BCUT2D eigenvalue weighted by Gasteiger charge is -2.12. The predicted octanol–water partition coefficient (Wildman–Crippen LogP) is 4.99. The van der Waals surface area contributed by atoms with Gasteiger partial charge in [0.1, 0.15) is 0 Å². The first kappa shape index (κ1) is 13.4. The van der Waals surface area contributed by atoms with Gasteiger partial charge in [-0.25, -0.2) is 4.98 Å². The standard InChI is InChI=1S/C16H15ClN2S/c1-11(10-12-6-3-2-4-7-12)18-16-19-14-9-5-8-13(17)15(14)20-16/h2-9,11H,10H2,1H3,(H,18,19). The summed E-state index contributed by atoms with van der Waals surface area (Å²) in [4.78, 5) is 4.58. The minimum Gasteiger partial charge on any atom is -0.359 e. The quantitative estimate of drug-likeness (QED) is 0.734. The van der Waals surface area contributed by atoms with Crippen LogP contribution < -0.4 is 5.32 Å². The van der Waals surface area contributed by atoms with Crippen LogP contribution in [0, 0.1) is 0 Å². The molecule has 1 aromatic heterocycles. The Morgan fingerprint density at radius 2 is 1.95 bits per heavy atom. The first-order valence-electron chi connectivity index (χ1n) is 6.58. The van der Waals surface area contributed by atoms with E-state index in [9.17, 15) is 0 Å². The van der Waals surface area contributed by atoms with E-state index in [2.05, 4.69) is 41.5 Å². The molecule has 0 saturated heterocycles. The molecule has 0 radical (unpaired) electrons. The summed E-state index contributed by atoms with van der Waals surface area (Å²) in [5.74, 6) is 0. The number of nitrogens with zero attached hydrogens (tertiary/aromatic N) is 1. The third-order valence-corrected chi connectivity index (χ3v) is 4.58. The number of benzene rings is 2. The molecule has 2 nitrogen and oxygen atoms in total. The van der Waals surface area contributed by atoms with Crippen molar-refractivity contribution in [2.45, 2.75) is 19.4 Å². The maximum Gasteiger partial charge on any atom is 0.184 e. The molecule has 20 heavy (non-hydrogen) atoms. The number of halogens is 1. The van der Waals surface area contributed by atoms with E-state index in [1.807, 2.05) is 24.3 Å². The highest BCUT2D eigenvalue weighted by atomic mass is 35.5. The normalized spacial score (nSPS) is 12.5. The third-order valence-electron chi connectivity index (χ3n) is 3.12. The molecular formula is C16H15ClN2S. The first-order valence-corrected chi connectivity index (χ1v) is 7.77. The zero-order valence-electron chi connectivity index (χ0n) is 11.1. The number of aromatic nitrogens is 1. The molecule has 3 aromatic rings. The Balaban J connectivity index is 1.74. The predicted molar refractivity (Wildman–Crippen MR) is 87.9 cm³/mol. The van der Waals surface area contributed by atoms with E-state index in [1.54, 1.807) is 11.3 Å². The van der Waals surface area contributed by atoms with Gasteiger partial charge >= 0.3 is 0 Å². The van der Waals surface area contributed by atoms with Gasteiger partial charge in [0.15, 0.2) is 5.13 Å². The molecule has 1 atom stereocenters. The minimum atomic E-state index is 0.330. The van der Waals surface area contributed by atoms with E-state index in [-0.39, 0.29) is 0 Å². The Morgan fingerprint density at radius 1 is 1.15 bits per heavy atom. The van der Waals surface area contributed by atoms with Gasteiger partial charge in [0.2, 0.25) is 0 Å². The highest BCUT2D eigenvalue weighted by Gasteiger charge is 2.09. The Bertz CT molecular complexity index is 709. The first-order chi connectivity index (χ1) is 9.72. The fourth-order valence-corrected chi connectivity index (χ4v) is 3.47. The van der Waals surface area contributed by atoms with Gasteiger partial charge in [0.25, 0.3) is 0 Å². The average Bonchev–Trinajstić information content (AvgIpc) is 2.83. The number of hydrogen-bond donors (Lipinski definition) is 1. The SMILES string of the molecule is CC(Cc1ccccc1)Nc1nc2cccc(Cl)c2s1. The van der Waals surface area contributed by atoms with Crippen molar-refractivity contribution in [2.24, 2.45) is 0 Å². The van der Waals surface area contributed by atoms with Crippen LogP contribution in [-0.2, 0) is 6.42 Å². The van der Waals surface area contributed by atoms with E-state index in [0.717, 1.165) is 26.8 Å². The summed E-state index contributed by atoms with van der Waals surface area (Å²) in [5, 5.41) is 5.15. The number of hydrogen-bond acceptors (Lipinski definition) is 3. The van der Waals surface area contributed by atoms with Gasteiger partial charge in [-0.2, -0.15) is 0 Å². The monoisotopic (exact) mass is 302 g/mol. The van der Waals surface area contributed by atoms with Crippen LogP contribution in [0.25, 0.3) is 10.2 Å². The zero-order valence-corrected chi connectivity index (χ0v) is 12.7. The van der Waals surface area contributed by atoms with Crippen molar-refractivity contribution >= 4 is 38.3 Å². The summed E-state index contributed by atoms with van der Waals surface area (Å²) in [6, 6.07) is 16.6. The summed E-state index contributed by atoms with van der Waals surface area (Å²) in [7, 11) is 0. The molecular weight excluding hydrogens is 288 g/mol. The van der Waals surface area contributed by atoms with Crippen LogP contribution in [0.15, 0.2) is 48.5 Å². The van der Waals surface area contributed by atoms with Crippen molar-refractivity contribution in [3.05, 3.63) is 59.1 Å². The van der Waals surface area contributed by atoms with Gasteiger partial charge in [0, 0.05) is 6.04 Å². The molecule has 3 rings (SSSR count). The Labute approximate surface area is 127 Å². The fraction of sp³-hybridized carbons (Fsp3) is 0.188. The minimum absolute atomic E-state index is 0.330. The highest BCUT2D eigenvalue weighted by Crippen LogP contribution is 2.32. The highest BCUT2D eigenvalue weighted by molar-refractivity contribution is 7.22. The topological polar surface area (TPSA) is 24.9 Å². The van der Waals surface area contributed by atoms with Crippen LogP contribution in [0.3, 0.4) is 0 Å². The molecule has 0 aliphatic rings. The number of nitrogens with one attached hydrogen (secondary N) is 1. The maximum absolute atomic E-state index is 6.18. The summed E-state index contributed by atoms with van der Waals surface area (Å²) >= 11 is 7.79. The van der Waals surface area contributed by atoms with Crippen molar-refractivity contribution in [3.8, 4) is 0 Å². The van der Waals surface area contributed by atoms with E-state index in [4.69, 9.17) is 11.6 Å². The Hall–Kier alpha value is -1.58. The van der Waals surface area contributed by atoms with E-state index in [1.165, 1.54) is 5.56 Å². The van der Waals surface area contributed by atoms with Gasteiger partial charge in [-0.3, -0.25) is 0 Å². The van der Waals surface area contributed by atoms with Crippen LogP contribution in [0.1, 0.15) is 12.5 Å². The van der Waals surface area contributed by atoms with Crippen LogP contribution in [0.5, 0.6) is 0 Å². The number of fused-ring (bicyclic) bond motifs is 1. The van der Waals surface area contributed by atoms with Crippen LogP contribution >= 0.6 is 22.9 Å². The number of thiazole rings is 1. The zero-order chi connectivity index (χ0) is 13.9. The third kappa shape index (κ3) is 2.94. The molecule has 102 valence electrons.